The summed E-state index contributed by atoms with van der Waals surface area (Å²) in [5.74, 6) is 0. The van der Waals surface area contributed by atoms with Gasteiger partial charge in [-0.3, -0.25) is 0 Å². The van der Waals surface area contributed by atoms with Crippen LogP contribution in [0.4, 0.5) is 0 Å². The van der Waals surface area contributed by atoms with Crippen molar-refractivity contribution < 1.29 is 8.42 Å². The number of rotatable bonds is 11. The Labute approximate surface area is 146 Å². The second-order valence-electron chi connectivity index (χ2n) is 6.46. The average Bonchev–Trinajstić information content (AvgIpc) is 2.62. The topological polar surface area (TPSA) is 70.2 Å². The van der Waals surface area contributed by atoms with Gasteiger partial charge in [0.05, 0.1) is 4.90 Å². The van der Waals surface area contributed by atoms with Crippen molar-refractivity contribution >= 4 is 10.0 Å². The molecule has 1 aliphatic carbocycles. The van der Waals surface area contributed by atoms with E-state index >= 15 is 0 Å². The van der Waals surface area contributed by atoms with Crippen LogP contribution in [0.1, 0.15) is 44.9 Å². The van der Waals surface area contributed by atoms with Gasteiger partial charge in [0.15, 0.2) is 0 Å². The first kappa shape index (κ1) is 19.4. The molecule has 0 aliphatic heterocycles. The quantitative estimate of drug-likeness (QED) is 0.534. The molecule has 1 aromatic rings. The van der Waals surface area contributed by atoms with Crippen molar-refractivity contribution in [2.75, 3.05) is 26.2 Å². The molecule has 6 heteroatoms. The average molecular weight is 354 g/mol. The summed E-state index contributed by atoms with van der Waals surface area (Å²) in [6, 6.07) is 9.23. The highest BCUT2D eigenvalue weighted by molar-refractivity contribution is 7.89. The molecular weight excluding hydrogens is 322 g/mol. The maximum Gasteiger partial charge on any atom is 0.240 e. The number of benzene rings is 1. The molecule has 1 fully saturated rings. The van der Waals surface area contributed by atoms with E-state index in [-0.39, 0.29) is 0 Å². The highest BCUT2D eigenvalue weighted by Gasteiger charge is 2.12. The van der Waals surface area contributed by atoms with Gasteiger partial charge in [0.25, 0.3) is 0 Å². The number of hydrogen-bond donors (Lipinski definition) is 3. The molecule has 5 nitrogen and oxygen atoms in total. The largest absolute Gasteiger partial charge is 0.315 e. The van der Waals surface area contributed by atoms with E-state index in [0.717, 1.165) is 32.5 Å². The zero-order valence-electron chi connectivity index (χ0n) is 14.5. The first-order valence-electron chi connectivity index (χ1n) is 9.17. The minimum absolute atomic E-state index is 0.330. The lowest BCUT2D eigenvalue weighted by Crippen LogP contribution is -2.36. The van der Waals surface area contributed by atoms with Crippen molar-refractivity contribution in [1.29, 1.82) is 0 Å². The Morgan fingerprint density at radius 1 is 0.875 bits per heavy atom. The third-order valence-electron chi connectivity index (χ3n) is 4.47. The van der Waals surface area contributed by atoms with Crippen molar-refractivity contribution in [1.82, 2.24) is 15.4 Å². The Balaban J connectivity index is 1.45. The fourth-order valence-electron chi connectivity index (χ4n) is 3.06. The number of sulfonamides is 1. The maximum absolute atomic E-state index is 12.0. The second-order valence-corrected chi connectivity index (χ2v) is 8.22. The number of hydrogen-bond acceptors (Lipinski definition) is 4. The van der Waals surface area contributed by atoms with Crippen molar-refractivity contribution in [2.24, 2.45) is 0 Å². The van der Waals surface area contributed by atoms with Crippen molar-refractivity contribution in [3.63, 3.8) is 0 Å². The standard InChI is InChI=1S/C18H31N3O2S/c22-24(23,18-11-5-2-6-12-18)21-14-8-7-13-19-15-16-20-17-9-3-1-4-10-17/h2,5-6,11-12,17,19-21H,1,3-4,7-10,13-16H2. The van der Waals surface area contributed by atoms with E-state index in [4.69, 9.17) is 0 Å². The van der Waals surface area contributed by atoms with Gasteiger partial charge in [-0.2, -0.15) is 0 Å². The Kier molecular flexibility index (Phi) is 8.74. The third kappa shape index (κ3) is 7.30. The van der Waals surface area contributed by atoms with Crippen LogP contribution in [0.15, 0.2) is 35.2 Å². The fourth-order valence-corrected chi connectivity index (χ4v) is 4.16. The first-order valence-corrected chi connectivity index (χ1v) is 10.7. The van der Waals surface area contributed by atoms with Crippen LogP contribution in [0.2, 0.25) is 0 Å². The smallest absolute Gasteiger partial charge is 0.240 e. The van der Waals surface area contributed by atoms with E-state index in [1.54, 1.807) is 24.3 Å². The van der Waals surface area contributed by atoms with Crippen molar-refractivity contribution in [3.05, 3.63) is 30.3 Å². The minimum Gasteiger partial charge on any atom is -0.315 e. The second kappa shape index (κ2) is 10.8. The lowest BCUT2D eigenvalue weighted by atomic mass is 9.95. The summed E-state index contributed by atoms with van der Waals surface area (Å²) in [4.78, 5) is 0.330. The molecule has 0 heterocycles. The highest BCUT2D eigenvalue weighted by Crippen LogP contribution is 2.16. The van der Waals surface area contributed by atoms with Gasteiger partial charge >= 0.3 is 0 Å². The van der Waals surface area contributed by atoms with Gasteiger partial charge in [0.1, 0.15) is 0 Å². The van der Waals surface area contributed by atoms with Crippen LogP contribution in [0.5, 0.6) is 0 Å². The molecule has 0 amide bonds. The molecule has 0 saturated heterocycles. The van der Waals surface area contributed by atoms with Gasteiger partial charge in [-0.05, 0) is 44.4 Å². The predicted molar refractivity (Wildman–Crippen MR) is 98.6 cm³/mol. The SMILES string of the molecule is O=S(=O)(NCCCCNCCNC1CCCCC1)c1ccccc1. The maximum atomic E-state index is 12.0. The third-order valence-corrected chi connectivity index (χ3v) is 5.94. The summed E-state index contributed by atoms with van der Waals surface area (Å²) in [6.07, 6.45) is 8.58. The molecule has 1 aromatic carbocycles. The minimum atomic E-state index is -3.35. The zero-order chi connectivity index (χ0) is 17.1. The summed E-state index contributed by atoms with van der Waals surface area (Å²) < 4.78 is 26.7. The van der Waals surface area contributed by atoms with Gasteiger partial charge in [-0.25, -0.2) is 13.1 Å². The molecule has 136 valence electrons. The molecule has 0 spiro atoms. The zero-order valence-corrected chi connectivity index (χ0v) is 15.3. The number of unbranched alkanes of at least 4 members (excludes halogenated alkanes) is 1. The monoisotopic (exact) mass is 353 g/mol. The van der Waals surface area contributed by atoms with Crippen LogP contribution >= 0.6 is 0 Å². The molecule has 0 aromatic heterocycles. The van der Waals surface area contributed by atoms with Crippen LogP contribution in [0.3, 0.4) is 0 Å². The molecule has 1 saturated carbocycles. The van der Waals surface area contributed by atoms with Gasteiger partial charge in [0, 0.05) is 25.7 Å². The Hall–Kier alpha value is -0.950. The molecule has 0 radical (unpaired) electrons. The van der Waals surface area contributed by atoms with Crippen LogP contribution in [-0.4, -0.2) is 40.6 Å². The highest BCUT2D eigenvalue weighted by atomic mass is 32.2. The molecule has 0 unspecified atom stereocenters. The summed E-state index contributed by atoms with van der Waals surface area (Å²) in [6.45, 7) is 3.41. The van der Waals surface area contributed by atoms with E-state index in [1.807, 2.05) is 6.07 Å². The van der Waals surface area contributed by atoms with Crippen LogP contribution in [-0.2, 0) is 10.0 Å². The lowest BCUT2D eigenvalue weighted by Gasteiger charge is -2.22. The van der Waals surface area contributed by atoms with Crippen LogP contribution in [0.25, 0.3) is 0 Å². The molecule has 0 bridgehead atoms. The Bertz CT molecular complexity index is 543. The van der Waals surface area contributed by atoms with E-state index in [1.165, 1.54) is 32.1 Å². The van der Waals surface area contributed by atoms with Gasteiger partial charge in [0.2, 0.25) is 10.0 Å². The molecular formula is C18H31N3O2S. The summed E-state index contributed by atoms with van der Waals surface area (Å²) >= 11 is 0. The van der Waals surface area contributed by atoms with Crippen LogP contribution in [0, 0.1) is 0 Å². The van der Waals surface area contributed by atoms with E-state index < -0.39 is 10.0 Å². The van der Waals surface area contributed by atoms with Crippen LogP contribution < -0.4 is 15.4 Å². The van der Waals surface area contributed by atoms with Crippen molar-refractivity contribution in [3.8, 4) is 0 Å². The Morgan fingerprint density at radius 2 is 1.58 bits per heavy atom. The summed E-state index contributed by atoms with van der Waals surface area (Å²) in [5.41, 5.74) is 0. The van der Waals surface area contributed by atoms with E-state index in [0.29, 0.717) is 17.5 Å². The normalized spacial score (nSPS) is 16.3. The van der Waals surface area contributed by atoms with Gasteiger partial charge < -0.3 is 10.6 Å². The molecule has 2 rings (SSSR count). The summed E-state index contributed by atoms with van der Waals surface area (Å²) in [5, 5.41) is 7.02. The lowest BCUT2D eigenvalue weighted by molar-refractivity contribution is 0.372. The molecule has 3 N–H and O–H groups in total. The van der Waals surface area contributed by atoms with E-state index in [9.17, 15) is 8.42 Å². The Morgan fingerprint density at radius 3 is 2.33 bits per heavy atom. The fraction of sp³-hybridized carbons (Fsp3) is 0.667. The molecule has 0 atom stereocenters. The predicted octanol–water partition coefficient (Wildman–Crippen LogP) is 2.26. The first-order chi connectivity index (χ1) is 11.7. The number of nitrogens with one attached hydrogen (secondary N) is 3. The molecule has 24 heavy (non-hydrogen) atoms. The summed E-state index contributed by atoms with van der Waals surface area (Å²) in [7, 11) is -3.35. The van der Waals surface area contributed by atoms with Crippen molar-refractivity contribution in [2.45, 2.75) is 55.9 Å². The molecule has 1 aliphatic rings. The van der Waals surface area contributed by atoms with E-state index in [2.05, 4.69) is 15.4 Å². The van der Waals surface area contributed by atoms with Gasteiger partial charge in [-0.1, -0.05) is 37.5 Å². The van der Waals surface area contributed by atoms with Gasteiger partial charge in [-0.15, -0.1) is 0 Å².